The van der Waals surface area contributed by atoms with E-state index >= 15 is 0 Å². The molecule has 1 saturated carbocycles. The Morgan fingerprint density at radius 1 is 1.00 bits per heavy atom. The first kappa shape index (κ1) is 14.2. The second kappa shape index (κ2) is 6.31. The van der Waals surface area contributed by atoms with Crippen LogP contribution >= 0.6 is 0 Å². The Kier molecular flexibility index (Phi) is 4.26. The van der Waals surface area contributed by atoms with Gasteiger partial charge in [-0.05, 0) is 48.4 Å². The molecule has 2 heteroatoms. The maximum Gasteiger partial charge on any atom is 0.119 e. The lowest BCUT2D eigenvalue weighted by Crippen LogP contribution is -2.04. The molecule has 1 fully saturated rings. The molecule has 110 valence electrons. The van der Waals surface area contributed by atoms with Crippen LogP contribution in [0.2, 0.25) is 0 Å². The number of benzene rings is 2. The van der Waals surface area contributed by atoms with E-state index in [1.807, 2.05) is 42.5 Å². The van der Waals surface area contributed by atoms with E-state index < -0.39 is 6.10 Å². The van der Waals surface area contributed by atoms with E-state index in [0.29, 0.717) is 12.0 Å². The third-order valence-corrected chi connectivity index (χ3v) is 4.04. The van der Waals surface area contributed by atoms with Crippen molar-refractivity contribution in [3.63, 3.8) is 0 Å². The van der Waals surface area contributed by atoms with Gasteiger partial charge < -0.3 is 9.84 Å². The number of rotatable bonds is 6. The maximum atomic E-state index is 10.4. The van der Waals surface area contributed by atoms with Crippen molar-refractivity contribution in [3.05, 3.63) is 65.7 Å². The predicted molar refractivity (Wildman–Crippen MR) is 84.5 cm³/mol. The molecule has 1 N–H and O–H groups in total. The number of hydrogen-bond acceptors (Lipinski definition) is 2. The fraction of sp³-hybridized carbons (Fsp3) is 0.368. The smallest absolute Gasteiger partial charge is 0.119 e. The van der Waals surface area contributed by atoms with Crippen molar-refractivity contribution in [2.45, 2.75) is 44.3 Å². The zero-order valence-corrected chi connectivity index (χ0v) is 12.4. The minimum absolute atomic E-state index is 0.337. The Bertz CT molecular complexity index is 558. The highest BCUT2D eigenvalue weighted by Crippen LogP contribution is 2.30. The van der Waals surface area contributed by atoms with Crippen LogP contribution in [0.4, 0.5) is 0 Å². The number of ether oxygens (including phenoxy) is 1. The van der Waals surface area contributed by atoms with Crippen molar-refractivity contribution >= 4 is 0 Å². The quantitative estimate of drug-likeness (QED) is 0.848. The molecule has 2 unspecified atom stereocenters. The molecule has 2 atom stereocenters. The normalized spacial score (nSPS) is 17.2. The Balaban J connectivity index is 1.60. The number of aliphatic hydroxyl groups is 1. The summed E-state index contributed by atoms with van der Waals surface area (Å²) in [6.07, 6.45) is 3.04. The second-order valence-corrected chi connectivity index (χ2v) is 5.95. The molecule has 0 radical (unpaired) electrons. The topological polar surface area (TPSA) is 29.5 Å². The van der Waals surface area contributed by atoms with Crippen molar-refractivity contribution < 1.29 is 9.84 Å². The summed E-state index contributed by atoms with van der Waals surface area (Å²) in [5.74, 6) is 1.24. The molecular formula is C19H22O2. The van der Waals surface area contributed by atoms with Crippen LogP contribution < -0.4 is 4.74 Å². The predicted octanol–water partition coefficient (Wildman–Crippen LogP) is 4.46. The van der Waals surface area contributed by atoms with Gasteiger partial charge in [0.05, 0.1) is 12.2 Å². The summed E-state index contributed by atoms with van der Waals surface area (Å²) >= 11 is 0. The largest absolute Gasteiger partial charge is 0.490 e. The summed E-state index contributed by atoms with van der Waals surface area (Å²) in [7, 11) is 0. The third-order valence-electron chi connectivity index (χ3n) is 4.04. The van der Waals surface area contributed by atoms with Crippen LogP contribution in [-0.2, 0) is 0 Å². The van der Waals surface area contributed by atoms with Crippen molar-refractivity contribution in [1.29, 1.82) is 0 Å². The molecular weight excluding hydrogens is 260 g/mol. The van der Waals surface area contributed by atoms with Gasteiger partial charge in [0.15, 0.2) is 0 Å². The molecule has 3 rings (SSSR count). The fourth-order valence-electron chi connectivity index (χ4n) is 2.54. The van der Waals surface area contributed by atoms with Crippen LogP contribution in [0, 0.1) is 0 Å². The van der Waals surface area contributed by atoms with Crippen LogP contribution in [0.1, 0.15) is 49.3 Å². The van der Waals surface area contributed by atoms with Crippen LogP contribution in [0.3, 0.4) is 0 Å². The molecule has 0 spiro atoms. The molecule has 0 heterocycles. The van der Waals surface area contributed by atoms with Gasteiger partial charge in [0.25, 0.3) is 0 Å². The Morgan fingerprint density at radius 3 is 2.29 bits per heavy atom. The van der Waals surface area contributed by atoms with Gasteiger partial charge >= 0.3 is 0 Å². The van der Waals surface area contributed by atoms with E-state index in [0.717, 1.165) is 17.7 Å². The highest BCUT2D eigenvalue weighted by atomic mass is 16.5. The molecule has 0 aliphatic heterocycles. The van der Waals surface area contributed by atoms with Gasteiger partial charge in [0.1, 0.15) is 5.75 Å². The lowest BCUT2D eigenvalue weighted by molar-refractivity contribution is 0.159. The molecule has 2 aromatic carbocycles. The van der Waals surface area contributed by atoms with E-state index in [1.165, 1.54) is 18.4 Å². The molecule has 0 bridgehead atoms. The summed E-state index contributed by atoms with van der Waals surface area (Å²) in [4.78, 5) is 0. The lowest BCUT2D eigenvalue weighted by Gasteiger charge is -2.17. The summed E-state index contributed by atoms with van der Waals surface area (Å²) in [5, 5.41) is 10.4. The van der Waals surface area contributed by atoms with Crippen LogP contribution in [0.5, 0.6) is 5.75 Å². The van der Waals surface area contributed by atoms with Gasteiger partial charge in [0, 0.05) is 0 Å². The van der Waals surface area contributed by atoms with E-state index in [2.05, 4.69) is 19.1 Å². The van der Waals surface area contributed by atoms with Gasteiger partial charge in [-0.1, -0.05) is 49.4 Å². The second-order valence-electron chi connectivity index (χ2n) is 5.95. The summed E-state index contributed by atoms with van der Waals surface area (Å²) in [6.45, 7) is 2.16. The van der Waals surface area contributed by atoms with Crippen LogP contribution in [-0.4, -0.2) is 11.2 Å². The van der Waals surface area contributed by atoms with Crippen molar-refractivity contribution in [3.8, 4) is 5.75 Å². The van der Waals surface area contributed by atoms with E-state index in [-0.39, 0.29) is 0 Å². The highest BCUT2D eigenvalue weighted by molar-refractivity contribution is 5.29. The third kappa shape index (κ3) is 3.85. The molecule has 0 amide bonds. The first-order valence-corrected chi connectivity index (χ1v) is 7.72. The molecule has 1 aliphatic rings. The standard InChI is InChI=1S/C19H22O2/c1-14(15-5-3-2-4-6-15)13-19(20)16-7-9-17(10-8-16)21-18-11-12-18/h2-10,14,18-20H,11-13H2,1H3. The molecule has 2 nitrogen and oxygen atoms in total. The minimum Gasteiger partial charge on any atom is -0.490 e. The fourth-order valence-corrected chi connectivity index (χ4v) is 2.54. The summed E-state index contributed by atoms with van der Waals surface area (Å²) < 4.78 is 5.73. The van der Waals surface area contributed by atoms with Gasteiger partial charge in [-0.2, -0.15) is 0 Å². The first-order valence-electron chi connectivity index (χ1n) is 7.72. The minimum atomic E-state index is -0.435. The van der Waals surface area contributed by atoms with Gasteiger partial charge in [-0.15, -0.1) is 0 Å². The molecule has 0 aromatic heterocycles. The molecule has 0 saturated heterocycles. The Labute approximate surface area is 126 Å². The molecule has 2 aromatic rings. The van der Waals surface area contributed by atoms with Gasteiger partial charge in [-0.25, -0.2) is 0 Å². The Morgan fingerprint density at radius 2 is 1.67 bits per heavy atom. The zero-order valence-electron chi connectivity index (χ0n) is 12.4. The number of aliphatic hydroxyl groups excluding tert-OH is 1. The average molecular weight is 282 g/mol. The molecule has 1 aliphatic carbocycles. The number of hydrogen-bond donors (Lipinski definition) is 1. The monoisotopic (exact) mass is 282 g/mol. The molecule has 21 heavy (non-hydrogen) atoms. The summed E-state index contributed by atoms with van der Waals surface area (Å²) in [6, 6.07) is 18.2. The Hall–Kier alpha value is -1.80. The SMILES string of the molecule is CC(CC(O)c1ccc(OC2CC2)cc1)c1ccccc1. The van der Waals surface area contributed by atoms with Crippen molar-refractivity contribution in [1.82, 2.24) is 0 Å². The van der Waals surface area contributed by atoms with Gasteiger partial charge in [0.2, 0.25) is 0 Å². The van der Waals surface area contributed by atoms with Crippen molar-refractivity contribution in [2.24, 2.45) is 0 Å². The van der Waals surface area contributed by atoms with Crippen LogP contribution in [0.15, 0.2) is 54.6 Å². The summed E-state index contributed by atoms with van der Waals surface area (Å²) in [5.41, 5.74) is 2.23. The first-order chi connectivity index (χ1) is 10.2. The zero-order chi connectivity index (χ0) is 14.7. The average Bonchev–Trinajstić information content (AvgIpc) is 3.33. The maximum absolute atomic E-state index is 10.4. The van der Waals surface area contributed by atoms with Crippen LogP contribution in [0.25, 0.3) is 0 Å². The highest BCUT2D eigenvalue weighted by Gasteiger charge is 2.23. The lowest BCUT2D eigenvalue weighted by atomic mass is 9.92. The van der Waals surface area contributed by atoms with E-state index in [4.69, 9.17) is 4.74 Å². The van der Waals surface area contributed by atoms with E-state index in [9.17, 15) is 5.11 Å². The van der Waals surface area contributed by atoms with Gasteiger partial charge in [-0.3, -0.25) is 0 Å². The van der Waals surface area contributed by atoms with Crippen molar-refractivity contribution in [2.75, 3.05) is 0 Å². The van der Waals surface area contributed by atoms with E-state index in [1.54, 1.807) is 0 Å².